The van der Waals surface area contributed by atoms with Crippen LogP contribution in [0.2, 0.25) is 10.0 Å². The summed E-state index contributed by atoms with van der Waals surface area (Å²) in [6.07, 6.45) is -3.42. The van der Waals surface area contributed by atoms with E-state index in [2.05, 4.69) is 10.1 Å². The highest BCUT2D eigenvalue weighted by Crippen LogP contribution is 2.32. The number of anilines is 1. The van der Waals surface area contributed by atoms with E-state index < -0.39 is 23.5 Å². The first-order valence-corrected chi connectivity index (χ1v) is 8.77. The highest BCUT2D eigenvalue weighted by molar-refractivity contribution is 6.42. The number of nitrogen functional groups attached to an aromatic ring is 1. The van der Waals surface area contributed by atoms with Crippen molar-refractivity contribution in [1.82, 2.24) is 14.6 Å². The average molecular weight is 459 g/mol. The molecule has 1 aromatic carbocycles. The van der Waals surface area contributed by atoms with Crippen LogP contribution in [0.25, 0.3) is 17.1 Å². The number of hydrogen-bond acceptors (Lipinski definition) is 5. The second kappa shape index (κ2) is 8.25. The van der Waals surface area contributed by atoms with E-state index in [0.29, 0.717) is 20.2 Å². The molecule has 0 bridgehead atoms. The first kappa shape index (κ1) is 21.5. The number of benzene rings is 1. The smallest absolute Gasteiger partial charge is 0.433 e. The first-order chi connectivity index (χ1) is 14.1. The van der Waals surface area contributed by atoms with Crippen LogP contribution in [0.4, 0.5) is 18.9 Å². The molecule has 0 unspecified atom stereocenters. The van der Waals surface area contributed by atoms with Gasteiger partial charge in [-0.15, -0.1) is 0 Å². The highest BCUT2D eigenvalue weighted by Gasteiger charge is 2.35. The molecule has 7 nitrogen and oxygen atoms in total. The van der Waals surface area contributed by atoms with Crippen LogP contribution in [0.5, 0.6) is 0 Å². The lowest BCUT2D eigenvalue weighted by Crippen LogP contribution is -2.14. The summed E-state index contributed by atoms with van der Waals surface area (Å²) in [5, 5.41) is 13.3. The van der Waals surface area contributed by atoms with Crippen molar-refractivity contribution >= 4 is 40.5 Å². The number of carboxylic acids is 1. The van der Waals surface area contributed by atoms with Gasteiger partial charge >= 0.3 is 12.1 Å². The number of nitrogens with zero attached hydrogens (tertiary/aromatic N) is 3. The summed E-state index contributed by atoms with van der Waals surface area (Å²) in [7, 11) is 0. The van der Waals surface area contributed by atoms with Crippen molar-refractivity contribution in [1.29, 1.82) is 0 Å². The van der Waals surface area contributed by atoms with Gasteiger partial charge in [0.1, 0.15) is 5.69 Å². The Kier molecular flexibility index (Phi) is 5.90. The Balaban J connectivity index is 0.000000239. The summed E-state index contributed by atoms with van der Waals surface area (Å²) < 4.78 is 44.7. The van der Waals surface area contributed by atoms with Crippen LogP contribution in [0.15, 0.2) is 53.1 Å². The third-order valence-corrected chi connectivity index (χ3v) is 4.39. The van der Waals surface area contributed by atoms with Crippen LogP contribution < -0.4 is 5.73 Å². The van der Waals surface area contributed by atoms with Crippen molar-refractivity contribution in [2.45, 2.75) is 6.18 Å². The van der Waals surface area contributed by atoms with Gasteiger partial charge in [-0.25, -0.2) is 14.3 Å². The van der Waals surface area contributed by atoms with Crippen molar-refractivity contribution in [3.05, 3.63) is 70.2 Å². The Bertz CT molecular complexity index is 1210. The summed E-state index contributed by atoms with van der Waals surface area (Å²) in [6.45, 7) is 0. The van der Waals surface area contributed by atoms with Gasteiger partial charge in [-0.1, -0.05) is 23.2 Å². The van der Waals surface area contributed by atoms with Gasteiger partial charge in [-0.05, 0) is 36.4 Å². The van der Waals surface area contributed by atoms with Gasteiger partial charge in [-0.3, -0.25) is 0 Å². The fourth-order valence-corrected chi connectivity index (χ4v) is 2.65. The number of halogens is 5. The Morgan fingerprint density at radius 2 is 1.87 bits per heavy atom. The maximum absolute atomic E-state index is 13.1. The number of furan rings is 1. The predicted octanol–water partition coefficient (Wildman–Crippen LogP) is 5.28. The molecule has 0 saturated carbocycles. The molecular weight excluding hydrogens is 448 g/mol. The van der Waals surface area contributed by atoms with E-state index in [1.807, 2.05) is 0 Å². The number of carboxylic acid groups (broad SMARTS) is 1. The van der Waals surface area contributed by atoms with Crippen LogP contribution in [0.3, 0.4) is 0 Å². The van der Waals surface area contributed by atoms with Gasteiger partial charge in [0.15, 0.2) is 22.8 Å². The molecule has 0 amide bonds. The number of aromatic carboxylic acids is 1. The third kappa shape index (κ3) is 4.66. The minimum absolute atomic E-state index is 0.0586. The Morgan fingerprint density at radius 3 is 2.40 bits per heavy atom. The van der Waals surface area contributed by atoms with Crippen molar-refractivity contribution in [2.24, 2.45) is 0 Å². The standard InChI is InChI=1S/C12H6F3N3O3.C6H5Cl2N/c13-12(14,15)9-4-6(8-2-1-3-21-8)16-10-5-7(11(19)20)17-18(9)10;7-5-2-1-4(9)3-6(5)8/h1-5H,(H,19,20);1-3H,9H2. The maximum atomic E-state index is 13.1. The Labute approximate surface area is 176 Å². The predicted molar refractivity (Wildman–Crippen MR) is 104 cm³/mol. The molecule has 3 aromatic heterocycles. The van der Waals surface area contributed by atoms with Gasteiger partial charge < -0.3 is 15.3 Å². The van der Waals surface area contributed by atoms with E-state index in [1.165, 1.54) is 18.4 Å². The molecule has 0 radical (unpaired) electrons. The Morgan fingerprint density at radius 1 is 1.13 bits per heavy atom. The molecule has 0 saturated heterocycles. The maximum Gasteiger partial charge on any atom is 0.433 e. The van der Waals surface area contributed by atoms with E-state index in [4.69, 9.17) is 38.5 Å². The van der Waals surface area contributed by atoms with E-state index in [1.54, 1.807) is 18.2 Å². The molecule has 12 heteroatoms. The lowest BCUT2D eigenvalue weighted by molar-refractivity contribution is -0.142. The first-order valence-electron chi connectivity index (χ1n) is 8.02. The lowest BCUT2D eigenvalue weighted by atomic mass is 10.2. The minimum atomic E-state index is -4.72. The van der Waals surface area contributed by atoms with Crippen molar-refractivity contribution in [3.8, 4) is 11.5 Å². The largest absolute Gasteiger partial charge is 0.476 e. The van der Waals surface area contributed by atoms with Crippen LogP contribution in [0, 0.1) is 0 Å². The molecule has 3 N–H and O–H groups in total. The molecule has 156 valence electrons. The van der Waals surface area contributed by atoms with Gasteiger partial charge in [0.2, 0.25) is 0 Å². The number of aromatic nitrogens is 3. The van der Waals surface area contributed by atoms with Crippen LogP contribution >= 0.6 is 23.2 Å². The quantitative estimate of drug-likeness (QED) is 0.395. The number of rotatable bonds is 2. The zero-order valence-electron chi connectivity index (χ0n) is 14.7. The number of hydrogen-bond donors (Lipinski definition) is 2. The fourth-order valence-electron chi connectivity index (χ4n) is 2.34. The minimum Gasteiger partial charge on any atom is -0.476 e. The third-order valence-electron chi connectivity index (χ3n) is 3.65. The van der Waals surface area contributed by atoms with Gasteiger partial charge in [-0.2, -0.15) is 18.3 Å². The fraction of sp³-hybridized carbons (Fsp3) is 0.0556. The summed E-state index contributed by atoms with van der Waals surface area (Å²) in [4.78, 5) is 14.8. The van der Waals surface area contributed by atoms with E-state index >= 15 is 0 Å². The van der Waals surface area contributed by atoms with Gasteiger partial charge in [0.05, 0.1) is 16.3 Å². The molecule has 3 heterocycles. The molecule has 4 rings (SSSR count). The Hall–Kier alpha value is -3.24. The second-order valence-electron chi connectivity index (χ2n) is 5.78. The number of alkyl halides is 3. The van der Waals surface area contributed by atoms with Gasteiger partial charge in [0.25, 0.3) is 0 Å². The SMILES string of the molecule is Nc1ccc(Cl)c(Cl)c1.O=C(O)c1cc2nc(-c3ccco3)cc(C(F)(F)F)n2n1. The second-order valence-corrected chi connectivity index (χ2v) is 6.59. The number of fused-ring (bicyclic) bond motifs is 1. The summed E-state index contributed by atoms with van der Waals surface area (Å²) in [6, 6.07) is 9.66. The van der Waals surface area contributed by atoms with Crippen LogP contribution in [-0.2, 0) is 6.18 Å². The summed E-state index contributed by atoms with van der Waals surface area (Å²) >= 11 is 11.2. The van der Waals surface area contributed by atoms with Crippen LogP contribution in [-0.4, -0.2) is 25.7 Å². The number of carbonyl (C=O) groups is 1. The average Bonchev–Trinajstić information content (AvgIpc) is 3.33. The van der Waals surface area contributed by atoms with Crippen molar-refractivity contribution in [2.75, 3.05) is 5.73 Å². The summed E-state index contributed by atoms with van der Waals surface area (Å²) in [5.41, 5.74) is 4.07. The number of nitrogens with two attached hydrogens (primary N) is 1. The van der Waals surface area contributed by atoms with Crippen molar-refractivity contribution in [3.63, 3.8) is 0 Å². The normalized spacial score (nSPS) is 11.2. The molecule has 0 atom stereocenters. The van der Waals surface area contributed by atoms with Gasteiger partial charge in [0, 0.05) is 11.8 Å². The van der Waals surface area contributed by atoms with E-state index in [-0.39, 0.29) is 17.1 Å². The molecule has 0 spiro atoms. The van der Waals surface area contributed by atoms with E-state index in [0.717, 1.165) is 12.1 Å². The monoisotopic (exact) mass is 458 g/mol. The zero-order valence-corrected chi connectivity index (χ0v) is 16.2. The topological polar surface area (TPSA) is 107 Å². The lowest BCUT2D eigenvalue weighted by Gasteiger charge is -2.09. The molecule has 30 heavy (non-hydrogen) atoms. The van der Waals surface area contributed by atoms with Crippen LogP contribution in [0.1, 0.15) is 16.2 Å². The highest BCUT2D eigenvalue weighted by atomic mass is 35.5. The molecule has 0 aliphatic heterocycles. The van der Waals surface area contributed by atoms with Crippen molar-refractivity contribution < 1.29 is 27.5 Å². The summed E-state index contributed by atoms with van der Waals surface area (Å²) in [5.74, 6) is -1.30. The molecule has 0 aliphatic carbocycles. The molecule has 4 aromatic rings. The zero-order chi connectivity index (χ0) is 22.1. The molecule has 0 aliphatic rings. The molecular formula is C18H11Cl2F3N4O3. The van der Waals surface area contributed by atoms with E-state index in [9.17, 15) is 18.0 Å². The molecule has 0 fully saturated rings.